The molecule has 0 bridgehead atoms. The Morgan fingerprint density at radius 3 is 2.44 bits per heavy atom. The van der Waals surface area contributed by atoms with Crippen molar-refractivity contribution in [1.82, 2.24) is 14.5 Å². The molecule has 1 N–H and O–H groups in total. The van der Waals surface area contributed by atoms with Crippen LogP contribution in [0.5, 0.6) is 5.75 Å². The van der Waals surface area contributed by atoms with Crippen LogP contribution in [0.15, 0.2) is 53.4 Å². The van der Waals surface area contributed by atoms with Gasteiger partial charge in [-0.2, -0.15) is 4.31 Å². The molecule has 1 amide bonds. The van der Waals surface area contributed by atoms with Crippen molar-refractivity contribution in [3.8, 4) is 5.75 Å². The molecule has 10 heteroatoms. The summed E-state index contributed by atoms with van der Waals surface area (Å²) in [4.78, 5) is 15.4. The molecule has 0 aromatic heterocycles. The second kappa shape index (κ2) is 10.8. The van der Waals surface area contributed by atoms with Gasteiger partial charge in [-0.3, -0.25) is 9.69 Å². The van der Waals surface area contributed by atoms with Gasteiger partial charge < -0.3 is 14.8 Å². The standard InChI is InChI=1S/C24H30FN3O5S/c1-32-20-8-4-18(5-9-20)23(27-13-15-33-16-14-27)17-26-24(29)22-3-2-12-28(22)34(30,31)21-10-6-19(25)7-11-21/h4-11,22-23H,2-3,12-17H2,1H3,(H,26,29)/t22-,23-/m1/s1. The van der Waals surface area contributed by atoms with E-state index in [0.717, 1.165) is 36.5 Å². The second-order valence-corrected chi connectivity index (χ2v) is 10.3. The molecule has 184 valence electrons. The summed E-state index contributed by atoms with van der Waals surface area (Å²) in [5, 5.41) is 2.99. The number of benzene rings is 2. The molecule has 2 aliphatic rings. The van der Waals surface area contributed by atoms with Crippen LogP contribution in [-0.4, -0.2) is 76.1 Å². The first-order valence-corrected chi connectivity index (χ1v) is 12.8. The van der Waals surface area contributed by atoms with E-state index in [0.29, 0.717) is 32.6 Å². The van der Waals surface area contributed by atoms with Crippen molar-refractivity contribution < 1.29 is 27.1 Å². The fourth-order valence-corrected chi connectivity index (χ4v) is 6.18. The molecule has 0 aliphatic carbocycles. The monoisotopic (exact) mass is 491 g/mol. The lowest BCUT2D eigenvalue weighted by Crippen LogP contribution is -2.49. The molecule has 2 fully saturated rings. The van der Waals surface area contributed by atoms with Crippen molar-refractivity contribution in [1.29, 1.82) is 0 Å². The molecule has 8 nitrogen and oxygen atoms in total. The van der Waals surface area contributed by atoms with E-state index >= 15 is 0 Å². The predicted octanol–water partition coefficient (Wildman–Crippen LogP) is 2.18. The van der Waals surface area contributed by atoms with Gasteiger partial charge in [-0.1, -0.05) is 12.1 Å². The highest BCUT2D eigenvalue weighted by Crippen LogP contribution is 2.27. The third kappa shape index (κ3) is 5.41. The Morgan fingerprint density at radius 2 is 1.79 bits per heavy atom. The molecular weight excluding hydrogens is 461 g/mol. The van der Waals surface area contributed by atoms with Crippen molar-refractivity contribution in [3.63, 3.8) is 0 Å². The summed E-state index contributed by atoms with van der Waals surface area (Å²) >= 11 is 0. The maximum Gasteiger partial charge on any atom is 0.243 e. The van der Waals surface area contributed by atoms with Crippen LogP contribution in [0.4, 0.5) is 4.39 Å². The van der Waals surface area contributed by atoms with Crippen LogP contribution < -0.4 is 10.1 Å². The van der Waals surface area contributed by atoms with Gasteiger partial charge in [0.25, 0.3) is 0 Å². The molecule has 2 atom stereocenters. The number of sulfonamides is 1. The Labute approximate surface area is 199 Å². The van der Waals surface area contributed by atoms with Gasteiger partial charge in [0.05, 0.1) is 31.3 Å². The number of hydrogen-bond acceptors (Lipinski definition) is 6. The number of rotatable bonds is 8. The number of hydrogen-bond donors (Lipinski definition) is 1. The van der Waals surface area contributed by atoms with Gasteiger partial charge >= 0.3 is 0 Å². The van der Waals surface area contributed by atoms with Gasteiger partial charge in [0, 0.05) is 26.2 Å². The Balaban J connectivity index is 1.48. The van der Waals surface area contributed by atoms with Gasteiger partial charge in [-0.25, -0.2) is 12.8 Å². The number of morpholine rings is 1. The van der Waals surface area contributed by atoms with Crippen LogP contribution in [-0.2, 0) is 19.6 Å². The van der Waals surface area contributed by atoms with Crippen molar-refractivity contribution in [2.75, 3.05) is 46.5 Å². The Hall–Kier alpha value is -2.53. The minimum absolute atomic E-state index is 0.0157. The zero-order chi connectivity index (χ0) is 24.1. The smallest absolute Gasteiger partial charge is 0.243 e. The Bertz CT molecular complexity index is 1070. The largest absolute Gasteiger partial charge is 0.497 e. The minimum atomic E-state index is -3.90. The van der Waals surface area contributed by atoms with Gasteiger partial charge in [0.1, 0.15) is 17.6 Å². The number of nitrogens with one attached hydrogen (secondary N) is 1. The van der Waals surface area contributed by atoms with Crippen LogP contribution in [0.2, 0.25) is 0 Å². The lowest BCUT2D eigenvalue weighted by molar-refractivity contribution is -0.124. The van der Waals surface area contributed by atoms with E-state index in [1.54, 1.807) is 7.11 Å². The van der Waals surface area contributed by atoms with Crippen LogP contribution >= 0.6 is 0 Å². The summed E-state index contributed by atoms with van der Waals surface area (Å²) < 4.78 is 51.5. The molecule has 2 heterocycles. The SMILES string of the molecule is COc1ccc([C@@H](CNC(=O)[C@H]2CCCN2S(=O)(=O)c2ccc(F)cc2)N2CCOCC2)cc1. The lowest BCUT2D eigenvalue weighted by Gasteiger charge is -2.35. The molecule has 2 aromatic rings. The van der Waals surface area contributed by atoms with E-state index in [2.05, 4.69) is 10.2 Å². The number of amides is 1. The number of halogens is 1. The summed E-state index contributed by atoms with van der Waals surface area (Å²) in [6, 6.07) is 11.5. The molecule has 0 saturated carbocycles. The van der Waals surface area contributed by atoms with Crippen molar-refractivity contribution >= 4 is 15.9 Å². The first kappa shape index (κ1) is 24.6. The molecule has 34 heavy (non-hydrogen) atoms. The lowest BCUT2D eigenvalue weighted by atomic mass is 10.0. The van der Waals surface area contributed by atoms with E-state index in [1.165, 1.54) is 16.4 Å². The van der Waals surface area contributed by atoms with E-state index in [-0.39, 0.29) is 23.4 Å². The molecule has 2 aromatic carbocycles. The molecule has 0 radical (unpaired) electrons. The molecule has 0 spiro atoms. The summed E-state index contributed by atoms with van der Waals surface area (Å²) in [5.74, 6) is -0.0848. The fourth-order valence-electron chi connectivity index (χ4n) is 4.52. The van der Waals surface area contributed by atoms with E-state index in [1.807, 2.05) is 24.3 Å². The van der Waals surface area contributed by atoms with Crippen molar-refractivity contribution in [2.45, 2.75) is 29.8 Å². The first-order chi connectivity index (χ1) is 16.4. The summed E-state index contributed by atoms with van der Waals surface area (Å²) in [6.07, 6.45) is 1.03. The number of carbonyl (C=O) groups is 1. The predicted molar refractivity (Wildman–Crippen MR) is 124 cm³/mol. The normalized spacial score (nSPS) is 20.7. The second-order valence-electron chi connectivity index (χ2n) is 8.41. The van der Waals surface area contributed by atoms with E-state index in [4.69, 9.17) is 9.47 Å². The van der Waals surface area contributed by atoms with Gasteiger partial charge in [-0.05, 0) is 54.8 Å². The Kier molecular flexibility index (Phi) is 7.82. The third-order valence-corrected chi connectivity index (χ3v) is 8.31. The van der Waals surface area contributed by atoms with Crippen molar-refractivity contribution in [2.24, 2.45) is 0 Å². The van der Waals surface area contributed by atoms with Crippen LogP contribution in [0, 0.1) is 5.82 Å². The molecule has 4 rings (SSSR count). The van der Waals surface area contributed by atoms with Gasteiger partial charge in [0.15, 0.2) is 0 Å². The van der Waals surface area contributed by atoms with Crippen LogP contribution in [0.1, 0.15) is 24.4 Å². The van der Waals surface area contributed by atoms with Gasteiger partial charge in [-0.15, -0.1) is 0 Å². The first-order valence-electron chi connectivity index (χ1n) is 11.4. The molecule has 2 aliphatic heterocycles. The number of carbonyl (C=O) groups excluding carboxylic acids is 1. The topological polar surface area (TPSA) is 88.2 Å². The minimum Gasteiger partial charge on any atom is -0.497 e. The number of nitrogens with zero attached hydrogens (tertiary/aromatic N) is 2. The zero-order valence-corrected chi connectivity index (χ0v) is 20.0. The average Bonchev–Trinajstić information content (AvgIpc) is 3.37. The summed E-state index contributed by atoms with van der Waals surface area (Å²) in [7, 11) is -2.29. The molecular formula is C24H30FN3O5S. The summed E-state index contributed by atoms with van der Waals surface area (Å²) in [5.41, 5.74) is 1.03. The number of methoxy groups -OCH3 is 1. The quantitative estimate of drug-likeness (QED) is 0.609. The fraction of sp³-hybridized carbons (Fsp3) is 0.458. The molecule has 2 saturated heterocycles. The highest BCUT2D eigenvalue weighted by atomic mass is 32.2. The zero-order valence-electron chi connectivity index (χ0n) is 19.2. The highest BCUT2D eigenvalue weighted by molar-refractivity contribution is 7.89. The Morgan fingerprint density at radius 1 is 1.12 bits per heavy atom. The third-order valence-electron chi connectivity index (χ3n) is 6.38. The van der Waals surface area contributed by atoms with Crippen molar-refractivity contribution in [3.05, 3.63) is 59.9 Å². The van der Waals surface area contributed by atoms with Gasteiger partial charge in [0.2, 0.25) is 15.9 Å². The molecule has 0 unspecified atom stereocenters. The van der Waals surface area contributed by atoms with E-state index in [9.17, 15) is 17.6 Å². The van der Waals surface area contributed by atoms with E-state index < -0.39 is 21.9 Å². The maximum atomic E-state index is 13.3. The van der Waals surface area contributed by atoms with Crippen LogP contribution in [0.25, 0.3) is 0 Å². The maximum absolute atomic E-state index is 13.3. The summed E-state index contributed by atoms with van der Waals surface area (Å²) in [6.45, 7) is 3.30. The van der Waals surface area contributed by atoms with Crippen LogP contribution in [0.3, 0.4) is 0 Å². The average molecular weight is 492 g/mol. The number of ether oxygens (including phenoxy) is 2. The highest BCUT2D eigenvalue weighted by Gasteiger charge is 2.39.